The Morgan fingerprint density at radius 1 is 0.433 bits per heavy atom. The van der Waals surface area contributed by atoms with Crippen LogP contribution < -0.4 is 0 Å². The Hall–Kier alpha value is -2.83. The van der Waals surface area contributed by atoms with Crippen LogP contribution in [0, 0.1) is 34.6 Å². The van der Waals surface area contributed by atoms with Crippen molar-refractivity contribution in [2.45, 2.75) is 34.6 Å². The number of aryl methyl sites for hydroxylation is 5. The summed E-state index contributed by atoms with van der Waals surface area (Å²) < 4.78 is 0. The van der Waals surface area contributed by atoms with E-state index >= 15 is 0 Å². The molecule has 4 aromatic rings. The molecule has 0 atom stereocenters. The van der Waals surface area contributed by atoms with Crippen molar-refractivity contribution in [1.29, 1.82) is 0 Å². The zero-order valence-electron chi connectivity index (χ0n) is 18.5. The van der Waals surface area contributed by atoms with Crippen LogP contribution in [0.15, 0.2) is 84.9 Å². The fraction of sp³-hybridized carbons (Fsp3) is 0.172. The first-order chi connectivity index (χ1) is 14.3. The summed E-state index contributed by atoms with van der Waals surface area (Å²) in [5, 5.41) is 0.818. The average molecular weight is 413 g/mol. The summed E-state index contributed by atoms with van der Waals surface area (Å²) in [5.74, 6) is 0. The van der Waals surface area contributed by atoms with Gasteiger partial charge in [-0.1, -0.05) is 102 Å². The molecule has 4 rings (SSSR count). The second-order valence-corrected chi connectivity index (χ2v) is 8.42. The number of halogens is 1. The van der Waals surface area contributed by atoms with Crippen LogP contribution in [-0.2, 0) is 0 Å². The minimum Gasteiger partial charge on any atom is -0.0837 e. The van der Waals surface area contributed by atoms with Gasteiger partial charge >= 0.3 is 0 Å². The Labute approximate surface area is 186 Å². The highest BCUT2D eigenvalue weighted by Gasteiger charge is 2.02. The highest BCUT2D eigenvalue weighted by atomic mass is 35.5. The topological polar surface area (TPSA) is 0 Å². The van der Waals surface area contributed by atoms with Gasteiger partial charge in [-0.15, -0.1) is 0 Å². The molecular formula is C29H29Cl. The highest BCUT2D eigenvalue weighted by Crippen LogP contribution is 2.28. The van der Waals surface area contributed by atoms with Crippen molar-refractivity contribution in [1.82, 2.24) is 0 Å². The number of rotatable bonds is 2. The van der Waals surface area contributed by atoms with E-state index < -0.39 is 0 Å². The maximum Gasteiger partial charge on any atom is 0.0487 e. The van der Waals surface area contributed by atoms with Crippen LogP contribution in [-0.4, -0.2) is 0 Å². The van der Waals surface area contributed by atoms with Crippen LogP contribution in [0.25, 0.3) is 22.3 Å². The lowest BCUT2D eigenvalue weighted by Crippen LogP contribution is -1.83. The maximum atomic E-state index is 6.20. The Bertz CT molecular complexity index is 1120. The van der Waals surface area contributed by atoms with Crippen molar-refractivity contribution in [2.24, 2.45) is 0 Å². The maximum absolute atomic E-state index is 6.20. The fourth-order valence-electron chi connectivity index (χ4n) is 3.25. The van der Waals surface area contributed by atoms with Gasteiger partial charge in [-0.2, -0.15) is 0 Å². The van der Waals surface area contributed by atoms with Crippen molar-refractivity contribution in [2.75, 3.05) is 0 Å². The van der Waals surface area contributed by atoms with E-state index in [-0.39, 0.29) is 0 Å². The lowest BCUT2D eigenvalue weighted by Gasteiger charge is -2.05. The summed E-state index contributed by atoms with van der Waals surface area (Å²) >= 11 is 6.20. The van der Waals surface area contributed by atoms with Crippen LogP contribution in [0.5, 0.6) is 0 Å². The first kappa shape index (κ1) is 21.9. The van der Waals surface area contributed by atoms with E-state index in [0.717, 1.165) is 10.6 Å². The quantitative estimate of drug-likeness (QED) is 0.308. The molecule has 0 aliphatic carbocycles. The van der Waals surface area contributed by atoms with Crippen LogP contribution in [0.2, 0.25) is 5.02 Å². The van der Waals surface area contributed by atoms with Crippen LogP contribution in [0.3, 0.4) is 0 Å². The van der Waals surface area contributed by atoms with Crippen molar-refractivity contribution >= 4 is 11.6 Å². The number of hydrogen-bond donors (Lipinski definition) is 0. The Morgan fingerprint density at radius 2 is 0.933 bits per heavy atom. The molecule has 4 aromatic carbocycles. The molecule has 0 heterocycles. The zero-order valence-corrected chi connectivity index (χ0v) is 19.2. The van der Waals surface area contributed by atoms with Gasteiger partial charge in [0.25, 0.3) is 0 Å². The summed E-state index contributed by atoms with van der Waals surface area (Å²) in [7, 11) is 0. The molecule has 0 fully saturated rings. The Morgan fingerprint density at radius 3 is 1.47 bits per heavy atom. The normalized spacial score (nSPS) is 10.3. The van der Waals surface area contributed by atoms with Gasteiger partial charge in [0, 0.05) is 10.6 Å². The van der Waals surface area contributed by atoms with Crippen molar-refractivity contribution in [3.63, 3.8) is 0 Å². The third-order valence-corrected chi connectivity index (χ3v) is 5.69. The Kier molecular flexibility index (Phi) is 7.13. The zero-order chi connectivity index (χ0) is 21.7. The summed E-state index contributed by atoms with van der Waals surface area (Å²) in [4.78, 5) is 0. The van der Waals surface area contributed by atoms with Gasteiger partial charge < -0.3 is 0 Å². The van der Waals surface area contributed by atoms with Crippen LogP contribution in [0.4, 0.5) is 0 Å². The molecule has 0 N–H and O–H groups in total. The predicted molar refractivity (Wildman–Crippen MR) is 132 cm³/mol. The van der Waals surface area contributed by atoms with Crippen molar-refractivity contribution < 1.29 is 0 Å². The molecule has 0 saturated heterocycles. The molecule has 0 radical (unpaired) electrons. The van der Waals surface area contributed by atoms with E-state index in [1.807, 2.05) is 13.0 Å². The molecule has 0 amide bonds. The van der Waals surface area contributed by atoms with Crippen molar-refractivity contribution in [3.8, 4) is 22.3 Å². The monoisotopic (exact) mass is 412 g/mol. The first-order valence-electron chi connectivity index (χ1n) is 10.3. The van der Waals surface area contributed by atoms with Gasteiger partial charge in [0.05, 0.1) is 0 Å². The van der Waals surface area contributed by atoms with Gasteiger partial charge in [0.2, 0.25) is 0 Å². The predicted octanol–water partition coefficient (Wildman–Crippen LogP) is 8.90. The van der Waals surface area contributed by atoms with Gasteiger partial charge in [0.1, 0.15) is 0 Å². The summed E-state index contributed by atoms with van der Waals surface area (Å²) in [6.07, 6.45) is 0. The number of hydrogen-bond acceptors (Lipinski definition) is 0. The van der Waals surface area contributed by atoms with E-state index in [2.05, 4.69) is 107 Å². The minimum atomic E-state index is 0.818. The lowest BCUT2D eigenvalue weighted by molar-refractivity contribution is 1.34. The molecule has 0 nitrogen and oxygen atoms in total. The molecule has 0 aromatic heterocycles. The van der Waals surface area contributed by atoms with E-state index in [1.165, 1.54) is 44.5 Å². The van der Waals surface area contributed by atoms with E-state index in [9.17, 15) is 0 Å². The van der Waals surface area contributed by atoms with Crippen molar-refractivity contribution in [3.05, 3.63) is 118 Å². The summed E-state index contributed by atoms with van der Waals surface area (Å²) in [6, 6.07) is 29.9. The van der Waals surface area contributed by atoms with E-state index in [0.29, 0.717) is 0 Å². The largest absolute Gasteiger partial charge is 0.0837 e. The molecule has 1 heteroatoms. The van der Waals surface area contributed by atoms with Crippen LogP contribution >= 0.6 is 11.6 Å². The number of benzene rings is 4. The smallest absolute Gasteiger partial charge is 0.0487 e. The van der Waals surface area contributed by atoms with Crippen LogP contribution in [0.1, 0.15) is 27.8 Å². The first-order valence-corrected chi connectivity index (χ1v) is 10.7. The lowest BCUT2D eigenvalue weighted by atomic mass is 10.00. The second-order valence-electron chi connectivity index (χ2n) is 8.01. The second kappa shape index (κ2) is 9.78. The molecule has 0 saturated carbocycles. The minimum absolute atomic E-state index is 0.818. The third-order valence-electron chi connectivity index (χ3n) is 5.38. The molecule has 0 aliphatic rings. The Balaban J connectivity index is 0.000000171. The molecule has 152 valence electrons. The third kappa shape index (κ3) is 5.62. The SMILES string of the molecule is Cc1ccc(-c2ccc(C)c(C)c2)cc1.Cc1ccc(-c2ccc(C)cc2Cl)cc1. The highest BCUT2D eigenvalue weighted by molar-refractivity contribution is 6.33. The molecule has 0 unspecified atom stereocenters. The summed E-state index contributed by atoms with van der Waals surface area (Å²) in [6.45, 7) is 10.6. The standard InChI is InChI=1S/C15H16.C14H13Cl/c1-11-4-7-14(8-5-11)15-9-6-12(2)13(3)10-15;1-10-3-6-12(7-4-10)13-8-5-11(2)9-14(13)15/h4-10H,1-3H3;3-9H,1-2H3. The van der Waals surface area contributed by atoms with Gasteiger partial charge in [-0.3, -0.25) is 0 Å². The van der Waals surface area contributed by atoms with Gasteiger partial charge in [-0.25, -0.2) is 0 Å². The molecule has 0 spiro atoms. The molecule has 0 aliphatic heterocycles. The average Bonchev–Trinajstić information content (AvgIpc) is 2.72. The molecule has 30 heavy (non-hydrogen) atoms. The fourth-order valence-corrected chi connectivity index (χ4v) is 3.60. The molecular weight excluding hydrogens is 384 g/mol. The molecule has 0 bridgehead atoms. The van der Waals surface area contributed by atoms with Gasteiger partial charge in [-0.05, 0) is 74.1 Å². The van der Waals surface area contributed by atoms with Gasteiger partial charge in [0.15, 0.2) is 0 Å². The van der Waals surface area contributed by atoms with E-state index in [4.69, 9.17) is 11.6 Å². The van der Waals surface area contributed by atoms with E-state index in [1.54, 1.807) is 0 Å². The summed E-state index contributed by atoms with van der Waals surface area (Å²) in [5.41, 5.74) is 11.3.